The molecular formula is C19H12N4O. The molecule has 0 fully saturated rings. The molecule has 0 aliphatic heterocycles. The summed E-state index contributed by atoms with van der Waals surface area (Å²) in [5.41, 5.74) is 3.79. The second-order valence-corrected chi connectivity index (χ2v) is 5.58. The van der Waals surface area contributed by atoms with Crippen LogP contribution in [-0.4, -0.2) is 19.5 Å². The molecule has 5 heteroatoms. The average molecular weight is 312 g/mol. The molecule has 114 valence electrons. The van der Waals surface area contributed by atoms with Crippen molar-refractivity contribution in [1.82, 2.24) is 19.5 Å². The Kier molecular flexibility index (Phi) is 2.72. The number of imidazole rings is 1. The van der Waals surface area contributed by atoms with Gasteiger partial charge in [-0.25, -0.2) is 15.0 Å². The number of furan rings is 1. The van der Waals surface area contributed by atoms with Gasteiger partial charge in [0.1, 0.15) is 5.58 Å². The SMILES string of the molecule is c1cn(-c2ccc3nc(-c4ccc5occc5c4)ncc3c2)cn1. The standard InChI is InChI=1S/C19H12N4O/c1-4-18-13(5-8-24-18)9-14(1)19-21-11-15-10-16(2-3-17(15)22-19)23-7-6-20-12-23/h1-12H. The number of aromatic nitrogens is 4. The van der Waals surface area contributed by atoms with E-state index in [1.807, 2.05) is 53.4 Å². The van der Waals surface area contributed by atoms with Gasteiger partial charge in [-0.05, 0) is 42.5 Å². The van der Waals surface area contributed by atoms with E-state index in [0.29, 0.717) is 5.82 Å². The van der Waals surface area contributed by atoms with Crippen LogP contribution in [0.3, 0.4) is 0 Å². The van der Waals surface area contributed by atoms with E-state index in [4.69, 9.17) is 9.40 Å². The van der Waals surface area contributed by atoms with E-state index in [1.165, 1.54) is 0 Å². The third-order valence-corrected chi connectivity index (χ3v) is 4.08. The summed E-state index contributed by atoms with van der Waals surface area (Å²) >= 11 is 0. The van der Waals surface area contributed by atoms with Crippen LogP contribution in [0.15, 0.2) is 78.1 Å². The van der Waals surface area contributed by atoms with Crippen molar-refractivity contribution in [1.29, 1.82) is 0 Å². The van der Waals surface area contributed by atoms with Crippen LogP contribution in [0.1, 0.15) is 0 Å². The van der Waals surface area contributed by atoms with Gasteiger partial charge in [0.15, 0.2) is 5.82 Å². The van der Waals surface area contributed by atoms with Crippen LogP contribution < -0.4 is 0 Å². The van der Waals surface area contributed by atoms with Crippen molar-refractivity contribution < 1.29 is 4.42 Å². The fraction of sp³-hybridized carbons (Fsp3) is 0. The van der Waals surface area contributed by atoms with Gasteiger partial charge in [0.05, 0.1) is 18.1 Å². The van der Waals surface area contributed by atoms with Crippen LogP contribution >= 0.6 is 0 Å². The van der Waals surface area contributed by atoms with Crippen LogP contribution in [0, 0.1) is 0 Å². The summed E-state index contributed by atoms with van der Waals surface area (Å²) < 4.78 is 7.34. The van der Waals surface area contributed by atoms with Crippen molar-refractivity contribution in [3.63, 3.8) is 0 Å². The highest BCUT2D eigenvalue weighted by molar-refractivity contribution is 5.85. The fourth-order valence-electron chi connectivity index (χ4n) is 2.84. The summed E-state index contributed by atoms with van der Waals surface area (Å²) in [5.74, 6) is 0.709. The topological polar surface area (TPSA) is 56.7 Å². The molecule has 3 heterocycles. The second kappa shape index (κ2) is 5.03. The van der Waals surface area contributed by atoms with Gasteiger partial charge in [-0.15, -0.1) is 0 Å². The monoisotopic (exact) mass is 312 g/mol. The molecule has 0 N–H and O–H groups in total. The Labute approximate surface area is 137 Å². The molecule has 0 saturated carbocycles. The van der Waals surface area contributed by atoms with E-state index < -0.39 is 0 Å². The molecule has 3 aromatic heterocycles. The number of benzene rings is 2. The van der Waals surface area contributed by atoms with Gasteiger partial charge in [-0.2, -0.15) is 0 Å². The lowest BCUT2D eigenvalue weighted by Gasteiger charge is -2.06. The Morgan fingerprint density at radius 3 is 2.88 bits per heavy atom. The van der Waals surface area contributed by atoms with E-state index in [2.05, 4.69) is 16.0 Å². The first kappa shape index (κ1) is 13.0. The third-order valence-electron chi connectivity index (χ3n) is 4.08. The molecule has 0 amide bonds. The molecule has 0 atom stereocenters. The number of fused-ring (bicyclic) bond motifs is 2. The summed E-state index contributed by atoms with van der Waals surface area (Å²) in [7, 11) is 0. The smallest absolute Gasteiger partial charge is 0.159 e. The van der Waals surface area contributed by atoms with Gasteiger partial charge in [0.2, 0.25) is 0 Å². The molecule has 0 saturated heterocycles. The zero-order valence-corrected chi connectivity index (χ0v) is 12.6. The lowest BCUT2D eigenvalue weighted by Crippen LogP contribution is -1.93. The lowest BCUT2D eigenvalue weighted by molar-refractivity contribution is 0.616. The van der Waals surface area contributed by atoms with Crippen LogP contribution in [0.25, 0.3) is 38.9 Å². The predicted molar refractivity (Wildman–Crippen MR) is 91.9 cm³/mol. The van der Waals surface area contributed by atoms with Crippen LogP contribution in [0.2, 0.25) is 0 Å². The van der Waals surface area contributed by atoms with Gasteiger partial charge in [-0.1, -0.05) is 0 Å². The van der Waals surface area contributed by atoms with E-state index in [-0.39, 0.29) is 0 Å². The molecule has 2 aromatic carbocycles. The number of nitrogens with zero attached hydrogens (tertiary/aromatic N) is 4. The number of hydrogen-bond acceptors (Lipinski definition) is 4. The summed E-state index contributed by atoms with van der Waals surface area (Å²) in [6.07, 6.45) is 8.99. The second-order valence-electron chi connectivity index (χ2n) is 5.58. The minimum absolute atomic E-state index is 0.709. The van der Waals surface area contributed by atoms with Gasteiger partial charge in [-0.3, -0.25) is 0 Å². The molecule has 0 aliphatic carbocycles. The minimum Gasteiger partial charge on any atom is -0.464 e. The van der Waals surface area contributed by atoms with Crippen LogP contribution in [0.5, 0.6) is 0 Å². The fourth-order valence-corrected chi connectivity index (χ4v) is 2.84. The Balaban J connectivity index is 1.61. The first-order valence-electron chi connectivity index (χ1n) is 7.60. The Morgan fingerprint density at radius 2 is 1.96 bits per heavy atom. The zero-order valence-electron chi connectivity index (χ0n) is 12.6. The highest BCUT2D eigenvalue weighted by Gasteiger charge is 2.06. The van der Waals surface area contributed by atoms with Crippen molar-refractivity contribution in [2.45, 2.75) is 0 Å². The first-order valence-corrected chi connectivity index (χ1v) is 7.60. The molecule has 5 rings (SSSR count). The summed E-state index contributed by atoms with van der Waals surface area (Å²) in [4.78, 5) is 13.3. The lowest BCUT2D eigenvalue weighted by atomic mass is 10.1. The largest absolute Gasteiger partial charge is 0.464 e. The third kappa shape index (κ3) is 2.06. The van der Waals surface area contributed by atoms with E-state index in [9.17, 15) is 0 Å². The molecule has 0 radical (unpaired) electrons. The van der Waals surface area contributed by atoms with Crippen LogP contribution in [0.4, 0.5) is 0 Å². The van der Waals surface area contributed by atoms with Crippen molar-refractivity contribution >= 4 is 21.9 Å². The Hall–Kier alpha value is -3.47. The summed E-state index contributed by atoms with van der Waals surface area (Å²) in [5, 5.41) is 2.04. The molecule has 0 aliphatic rings. The maximum atomic E-state index is 5.38. The molecule has 5 nitrogen and oxygen atoms in total. The Bertz CT molecular complexity index is 1160. The average Bonchev–Trinajstić information content (AvgIpc) is 3.31. The molecule has 5 aromatic rings. The quantitative estimate of drug-likeness (QED) is 0.489. The first-order chi connectivity index (χ1) is 11.9. The van der Waals surface area contributed by atoms with E-state index in [0.717, 1.165) is 33.1 Å². The van der Waals surface area contributed by atoms with Crippen molar-refractivity contribution in [3.8, 4) is 17.1 Å². The van der Waals surface area contributed by atoms with Crippen molar-refractivity contribution in [2.24, 2.45) is 0 Å². The highest BCUT2D eigenvalue weighted by Crippen LogP contribution is 2.24. The summed E-state index contributed by atoms with van der Waals surface area (Å²) in [6.45, 7) is 0. The van der Waals surface area contributed by atoms with Gasteiger partial charge in [0.25, 0.3) is 0 Å². The number of rotatable bonds is 2. The van der Waals surface area contributed by atoms with E-state index >= 15 is 0 Å². The normalized spacial score (nSPS) is 11.3. The highest BCUT2D eigenvalue weighted by atomic mass is 16.3. The Morgan fingerprint density at radius 1 is 0.958 bits per heavy atom. The zero-order chi connectivity index (χ0) is 15.9. The van der Waals surface area contributed by atoms with Crippen LogP contribution in [-0.2, 0) is 0 Å². The van der Waals surface area contributed by atoms with Gasteiger partial charge >= 0.3 is 0 Å². The van der Waals surface area contributed by atoms with E-state index in [1.54, 1.807) is 18.8 Å². The minimum atomic E-state index is 0.709. The molecular weight excluding hydrogens is 300 g/mol. The molecule has 24 heavy (non-hydrogen) atoms. The molecule has 0 spiro atoms. The van der Waals surface area contributed by atoms with Gasteiger partial charge < -0.3 is 8.98 Å². The number of hydrogen-bond donors (Lipinski definition) is 0. The van der Waals surface area contributed by atoms with Crippen molar-refractivity contribution in [2.75, 3.05) is 0 Å². The summed E-state index contributed by atoms with van der Waals surface area (Å²) in [6, 6.07) is 14.0. The molecule has 0 unspecified atom stereocenters. The molecule has 0 bridgehead atoms. The maximum absolute atomic E-state index is 5.38. The van der Waals surface area contributed by atoms with Gasteiger partial charge in [0, 0.05) is 40.6 Å². The predicted octanol–water partition coefficient (Wildman–Crippen LogP) is 4.23. The van der Waals surface area contributed by atoms with Crippen molar-refractivity contribution in [3.05, 3.63) is 73.6 Å². The maximum Gasteiger partial charge on any atom is 0.159 e.